The Morgan fingerprint density at radius 2 is 0.951 bits per heavy atom. The molecule has 0 bridgehead atoms. The van der Waals surface area contributed by atoms with Gasteiger partial charge in [-0.25, -0.2) is 9.59 Å². The van der Waals surface area contributed by atoms with Gasteiger partial charge in [-0.05, 0) is 72.5 Å². The summed E-state index contributed by atoms with van der Waals surface area (Å²) in [5, 5.41) is 12.1. The van der Waals surface area contributed by atoms with Crippen molar-refractivity contribution >= 4 is 12.1 Å². The lowest BCUT2D eigenvalue weighted by Crippen LogP contribution is -2.43. The third-order valence-corrected chi connectivity index (χ3v) is 7.86. The minimum atomic E-state index is -0.997. The molecule has 6 heteroatoms. The largest absolute Gasteiger partial charge is 0.480 e. The van der Waals surface area contributed by atoms with E-state index >= 15 is 0 Å². The Hall–Kier alpha value is -1.30. The van der Waals surface area contributed by atoms with Gasteiger partial charge in [0.05, 0.1) is 0 Å². The maximum Gasteiger partial charge on any atom is 0.408 e. The molecule has 0 aliphatic rings. The molecule has 6 nitrogen and oxygen atoms in total. The van der Waals surface area contributed by atoms with Crippen LogP contribution in [0.3, 0.4) is 0 Å². The Morgan fingerprint density at radius 1 is 0.610 bits per heavy atom. The summed E-state index contributed by atoms with van der Waals surface area (Å²) < 4.78 is 5.24. The number of unbranched alkanes of at least 4 members (excludes halogenated alkanes) is 19. The monoisotopic (exact) mass is 583 g/mol. The highest BCUT2D eigenvalue weighted by Crippen LogP contribution is 2.14. The number of hydrogen-bond donors (Lipinski definition) is 2. The Labute approximate surface area is 255 Å². The topological polar surface area (TPSA) is 78.9 Å². The number of alkyl carbamates (subject to hydrolysis) is 1. The molecule has 0 aliphatic heterocycles. The van der Waals surface area contributed by atoms with Crippen LogP contribution in [0.4, 0.5) is 4.79 Å². The van der Waals surface area contributed by atoms with Gasteiger partial charge < -0.3 is 20.1 Å². The van der Waals surface area contributed by atoms with E-state index in [2.05, 4.69) is 24.1 Å². The maximum atomic E-state index is 12.1. The van der Waals surface area contributed by atoms with E-state index in [4.69, 9.17) is 4.74 Å². The Morgan fingerprint density at radius 3 is 1.29 bits per heavy atom. The molecule has 0 saturated carbocycles. The number of amides is 1. The predicted octanol–water partition coefficient (Wildman–Crippen LogP) is 10.3. The fourth-order valence-electron chi connectivity index (χ4n) is 5.37. The number of carboxylic acid groups (broad SMARTS) is 1. The number of aliphatic carboxylic acids is 1. The van der Waals surface area contributed by atoms with Crippen molar-refractivity contribution in [2.75, 3.05) is 19.6 Å². The number of hydrogen-bond acceptors (Lipinski definition) is 4. The number of carboxylic acids is 1. The molecule has 244 valence electrons. The highest BCUT2D eigenvalue weighted by molar-refractivity contribution is 5.79. The van der Waals surface area contributed by atoms with Crippen LogP contribution in [0.15, 0.2) is 0 Å². The van der Waals surface area contributed by atoms with Crippen molar-refractivity contribution in [2.24, 2.45) is 0 Å². The van der Waals surface area contributed by atoms with Crippen LogP contribution in [0.2, 0.25) is 0 Å². The molecule has 0 spiro atoms. The summed E-state index contributed by atoms with van der Waals surface area (Å²) in [4.78, 5) is 26.3. The molecule has 0 fully saturated rings. The SMILES string of the molecule is CCCCCCCCCCCCN(CCCCCCCCCCCC)CCCC[C@H](NC(=O)OC(C)(C)C)C(=O)O. The van der Waals surface area contributed by atoms with Crippen LogP contribution in [0, 0.1) is 0 Å². The van der Waals surface area contributed by atoms with Gasteiger partial charge in [-0.3, -0.25) is 0 Å². The summed E-state index contributed by atoms with van der Waals surface area (Å²) in [6.45, 7) is 13.2. The number of rotatable bonds is 29. The van der Waals surface area contributed by atoms with Crippen LogP contribution in [-0.4, -0.2) is 53.3 Å². The molecule has 0 aromatic rings. The zero-order valence-electron chi connectivity index (χ0n) is 28.1. The first-order valence-corrected chi connectivity index (χ1v) is 17.6. The molecular formula is C35H70N2O4. The van der Waals surface area contributed by atoms with E-state index in [0.29, 0.717) is 6.42 Å². The second-order valence-corrected chi connectivity index (χ2v) is 13.2. The van der Waals surface area contributed by atoms with Crippen LogP contribution >= 0.6 is 0 Å². The molecule has 0 unspecified atom stereocenters. The van der Waals surface area contributed by atoms with Crippen LogP contribution in [-0.2, 0) is 9.53 Å². The van der Waals surface area contributed by atoms with Crippen molar-refractivity contribution in [1.82, 2.24) is 10.2 Å². The summed E-state index contributed by atoms with van der Waals surface area (Å²) in [6.07, 6.45) is 28.6. The molecule has 1 amide bonds. The lowest BCUT2D eigenvalue weighted by Gasteiger charge is -2.23. The van der Waals surface area contributed by atoms with Gasteiger partial charge in [0.2, 0.25) is 0 Å². The quantitative estimate of drug-likeness (QED) is 0.0858. The number of nitrogens with zero attached hydrogens (tertiary/aromatic N) is 1. The third kappa shape index (κ3) is 28.6. The highest BCUT2D eigenvalue weighted by atomic mass is 16.6. The van der Waals surface area contributed by atoms with Crippen LogP contribution in [0.1, 0.15) is 182 Å². The summed E-state index contributed by atoms with van der Waals surface area (Å²) in [5.41, 5.74) is -0.642. The maximum absolute atomic E-state index is 12.1. The van der Waals surface area contributed by atoms with Gasteiger partial charge in [-0.15, -0.1) is 0 Å². The van der Waals surface area contributed by atoms with E-state index in [0.717, 1.165) is 32.5 Å². The summed E-state index contributed by atoms with van der Waals surface area (Å²) in [5.74, 6) is -0.997. The van der Waals surface area contributed by atoms with E-state index in [-0.39, 0.29) is 0 Å². The first-order valence-electron chi connectivity index (χ1n) is 17.6. The van der Waals surface area contributed by atoms with E-state index in [1.165, 1.54) is 128 Å². The molecule has 0 radical (unpaired) electrons. The predicted molar refractivity (Wildman–Crippen MR) is 175 cm³/mol. The van der Waals surface area contributed by atoms with Gasteiger partial charge in [0, 0.05) is 0 Å². The van der Waals surface area contributed by atoms with Gasteiger partial charge in [0.15, 0.2) is 0 Å². The zero-order valence-corrected chi connectivity index (χ0v) is 28.1. The molecule has 0 aromatic carbocycles. The van der Waals surface area contributed by atoms with E-state index in [1.54, 1.807) is 20.8 Å². The molecule has 0 aliphatic carbocycles. The summed E-state index contributed by atoms with van der Waals surface area (Å²) in [7, 11) is 0. The van der Waals surface area contributed by atoms with Crippen molar-refractivity contribution in [2.45, 2.75) is 194 Å². The van der Waals surface area contributed by atoms with Crippen molar-refractivity contribution in [3.63, 3.8) is 0 Å². The average molecular weight is 583 g/mol. The van der Waals surface area contributed by atoms with E-state index in [1.807, 2.05) is 0 Å². The Bertz CT molecular complexity index is 581. The van der Waals surface area contributed by atoms with Gasteiger partial charge in [-0.1, -0.05) is 129 Å². The highest BCUT2D eigenvalue weighted by Gasteiger charge is 2.23. The first kappa shape index (κ1) is 39.7. The number of carbonyl (C=O) groups is 2. The van der Waals surface area contributed by atoms with Crippen LogP contribution in [0.25, 0.3) is 0 Å². The normalized spacial score (nSPS) is 12.5. The van der Waals surface area contributed by atoms with Gasteiger partial charge in [0.1, 0.15) is 11.6 Å². The number of ether oxygens (including phenoxy) is 1. The Balaban J connectivity index is 4.36. The van der Waals surface area contributed by atoms with Gasteiger partial charge in [0.25, 0.3) is 0 Å². The molecular weight excluding hydrogens is 512 g/mol. The van der Waals surface area contributed by atoms with Crippen molar-refractivity contribution < 1.29 is 19.4 Å². The lowest BCUT2D eigenvalue weighted by molar-refractivity contribution is -0.139. The third-order valence-electron chi connectivity index (χ3n) is 7.86. The number of carbonyl (C=O) groups excluding carboxylic acids is 1. The van der Waals surface area contributed by atoms with Gasteiger partial charge in [-0.2, -0.15) is 0 Å². The second-order valence-electron chi connectivity index (χ2n) is 13.2. The van der Waals surface area contributed by atoms with Crippen molar-refractivity contribution in [3.8, 4) is 0 Å². The second kappa shape index (κ2) is 27.5. The minimum absolute atomic E-state index is 0.429. The standard InChI is InChI=1S/C35H70N2O4/c1-6-8-10-12-14-16-18-20-22-25-29-37(30-26-23-21-19-17-15-13-11-9-7-2)31-27-24-28-32(33(38)39)36-34(40)41-35(3,4)5/h32H,6-31H2,1-5H3,(H,36,40)(H,38,39)/t32-/m0/s1. The van der Waals surface area contributed by atoms with Crippen molar-refractivity contribution in [1.29, 1.82) is 0 Å². The molecule has 0 rings (SSSR count). The molecule has 0 aromatic heterocycles. The van der Waals surface area contributed by atoms with Crippen LogP contribution < -0.4 is 5.32 Å². The molecule has 41 heavy (non-hydrogen) atoms. The number of nitrogens with one attached hydrogen (secondary N) is 1. The molecule has 0 saturated heterocycles. The first-order chi connectivity index (χ1) is 19.7. The lowest BCUT2D eigenvalue weighted by atomic mass is 10.1. The fraction of sp³-hybridized carbons (Fsp3) is 0.943. The van der Waals surface area contributed by atoms with Crippen molar-refractivity contribution in [3.05, 3.63) is 0 Å². The molecule has 0 heterocycles. The van der Waals surface area contributed by atoms with E-state index < -0.39 is 23.7 Å². The van der Waals surface area contributed by atoms with Crippen LogP contribution in [0.5, 0.6) is 0 Å². The minimum Gasteiger partial charge on any atom is -0.480 e. The zero-order chi connectivity index (χ0) is 30.6. The van der Waals surface area contributed by atoms with E-state index in [9.17, 15) is 14.7 Å². The fourth-order valence-corrected chi connectivity index (χ4v) is 5.37. The summed E-state index contributed by atoms with van der Waals surface area (Å²) >= 11 is 0. The molecule has 1 atom stereocenters. The molecule has 2 N–H and O–H groups in total. The van der Waals surface area contributed by atoms with Gasteiger partial charge >= 0.3 is 12.1 Å². The Kier molecular flexibility index (Phi) is 26.7. The average Bonchev–Trinajstić information content (AvgIpc) is 2.90. The smallest absolute Gasteiger partial charge is 0.408 e. The summed E-state index contributed by atoms with van der Waals surface area (Å²) in [6, 6.07) is -0.901.